The monoisotopic (exact) mass is 351 g/mol. The minimum Gasteiger partial charge on any atom is -0.366 e. The zero-order valence-electron chi connectivity index (χ0n) is 13.6. The first-order valence-electron chi connectivity index (χ1n) is 7.98. The lowest BCUT2D eigenvalue weighted by molar-refractivity contribution is -0.115. The summed E-state index contributed by atoms with van der Waals surface area (Å²) < 4.78 is 0. The van der Waals surface area contributed by atoms with Crippen LogP contribution in [0.1, 0.15) is 11.1 Å². The van der Waals surface area contributed by atoms with Crippen molar-refractivity contribution in [2.45, 2.75) is 13.0 Å². The van der Waals surface area contributed by atoms with E-state index in [2.05, 4.69) is 15.6 Å². The lowest BCUT2D eigenvalue weighted by Gasteiger charge is -2.09. The van der Waals surface area contributed by atoms with Gasteiger partial charge in [-0.1, -0.05) is 60.1 Å². The van der Waals surface area contributed by atoms with Crippen molar-refractivity contribution in [3.05, 3.63) is 89.1 Å². The van der Waals surface area contributed by atoms with E-state index in [4.69, 9.17) is 11.6 Å². The topological polar surface area (TPSA) is 54.0 Å². The van der Waals surface area contributed by atoms with Crippen LogP contribution in [0.3, 0.4) is 0 Å². The number of aromatic nitrogens is 1. The van der Waals surface area contributed by atoms with Gasteiger partial charge < -0.3 is 10.6 Å². The summed E-state index contributed by atoms with van der Waals surface area (Å²) in [5, 5.41) is 6.79. The first-order chi connectivity index (χ1) is 12.2. The van der Waals surface area contributed by atoms with E-state index in [1.165, 1.54) is 0 Å². The van der Waals surface area contributed by atoms with Gasteiger partial charge in [0.15, 0.2) is 0 Å². The van der Waals surface area contributed by atoms with Crippen LogP contribution in [0.2, 0.25) is 5.02 Å². The molecule has 0 aliphatic heterocycles. The van der Waals surface area contributed by atoms with Crippen LogP contribution in [0.5, 0.6) is 0 Å². The SMILES string of the molecule is O=C(Cc1ccccc1)Nc1ccc(NCc2ccccc2Cl)nc1. The molecular formula is C20H18ClN3O. The number of carbonyl (C=O) groups excluding carboxylic acids is 1. The first-order valence-corrected chi connectivity index (χ1v) is 8.35. The van der Waals surface area contributed by atoms with Gasteiger partial charge >= 0.3 is 0 Å². The first kappa shape index (κ1) is 17.0. The highest BCUT2D eigenvalue weighted by molar-refractivity contribution is 6.31. The van der Waals surface area contributed by atoms with E-state index in [-0.39, 0.29) is 5.91 Å². The Kier molecular flexibility index (Phi) is 5.65. The van der Waals surface area contributed by atoms with Crippen molar-refractivity contribution in [3.63, 3.8) is 0 Å². The Morgan fingerprint density at radius 2 is 1.72 bits per heavy atom. The number of pyridine rings is 1. The van der Waals surface area contributed by atoms with Crippen LogP contribution in [0.25, 0.3) is 0 Å². The van der Waals surface area contributed by atoms with Gasteiger partial charge in [-0.25, -0.2) is 4.98 Å². The molecule has 0 radical (unpaired) electrons. The van der Waals surface area contributed by atoms with Gasteiger partial charge in [0.1, 0.15) is 5.82 Å². The molecule has 0 atom stereocenters. The van der Waals surface area contributed by atoms with Crippen LogP contribution in [-0.4, -0.2) is 10.9 Å². The molecule has 4 nitrogen and oxygen atoms in total. The van der Waals surface area contributed by atoms with Crippen molar-refractivity contribution >= 4 is 29.0 Å². The van der Waals surface area contributed by atoms with Gasteiger partial charge in [0.25, 0.3) is 0 Å². The summed E-state index contributed by atoms with van der Waals surface area (Å²) in [6.07, 6.45) is 1.98. The molecule has 2 N–H and O–H groups in total. The van der Waals surface area contributed by atoms with Gasteiger partial charge in [-0.05, 0) is 29.3 Å². The second-order valence-electron chi connectivity index (χ2n) is 5.59. The number of nitrogens with one attached hydrogen (secondary N) is 2. The molecule has 0 spiro atoms. The van der Waals surface area contributed by atoms with Crippen molar-refractivity contribution in [1.29, 1.82) is 0 Å². The third-order valence-electron chi connectivity index (χ3n) is 3.67. The molecule has 1 heterocycles. The summed E-state index contributed by atoms with van der Waals surface area (Å²) in [7, 11) is 0. The smallest absolute Gasteiger partial charge is 0.228 e. The maximum absolute atomic E-state index is 12.0. The molecule has 3 rings (SSSR count). The average Bonchev–Trinajstić information content (AvgIpc) is 2.63. The number of anilines is 2. The zero-order valence-corrected chi connectivity index (χ0v) is 14.3. The zero-order chi connectivity index (χ0) is 17.5. The molecule has 0 aliphatic rings. The van der Waals surface area contributed by atoms with E-state index in [1.807, 2.05) is 66.7 Å². The van der Waals surface area contributed by atoms with Gasteiger partial charge in [-0.15, -0.1) is 0 Å². The number of benzene rings is 2. The Morgan fingerprint density at radius 3 is 2.44 bits per heavy atom. The number of hydrogen-bond acceptors (Lipinski definition) is 3. The van der Waals surface area contributed by atoms with Crippen LogP contribution >= 0.6 is 11.6 Å². The molecular weight excluding hydrogens is 334 g/mol. The average molecular weight is 352 g/mol. The fraction of sp³-hybridized carbons (Fsp3) is 0.100. The van der Waals surface area contributed by atoms with Crippen LogP contribution in [0, 0.1) is 0 Å². The van der Waals surface area contributed by atoms with E-state index in [0.717, 1.165) is 22.0 Å². The highest BCUT2D eigenvalue weighted by Crippen LogP contribution is 2.17. The van der Waals surface area contributed by atoms with Gasteiger partial charge in [0, 0.05) is 11.6 Å². The van der Waals surface area contributed by atoms with Crippen molar-refractivity contribution in [2.75, 3.05) is 10.6 Å². The summed E-state index contributed by atoms with van der Waals surface area (Å²) in [5.41, 5.74) is 2.65. The van der Waals surface area contributed by atoms with Gasteiger partial charge in [-0.3, -0.25) is 4.79 Å². The van der Waals surface area contributed by atoms with E-state index in [0.29, 0.717) is 18.7 Å². The second-order valence-corrected chi connectivity index (χ2v) is 5.99. The van der Waals surface area contributed by atoms with Crippen LogP contribution < -0.4 is 10.6 Å². The molecule has 1 amide bonds. The molecule has 0 saturated heterocycles. The van der Waals surface area contributed by atoms with Crippen molar-refractivity contribution in [3.8, 4) is 0 Å². The number of hydrogen-bond donors (Lipinski definition) is 2. The number of amides is 1. The molecule has 0 saturated carbocycles. The molecule has 5 heteroatoms. The predicted octanol–water partition coefficient (Wildman–Crippen LogP) is 4.53. The summed E-state index contributed by atoms with van der Waals surface area (Å²) >= 11 is 6.13. The largest absolute Gasteiger partial charge is 0.366 e. The summed E-state index contributed by atoms with van der Waals surface area (Å²) in [6, 6.07) is 21.0. The predicted molar refractivity (Wildman–Crippen MR) is 102 cm³/mol. The number of halogens is 1. The summed E-state index contributed by atoms with van der Waals surface area (Å²) in [5.74, 6) is 0.658. The quantitative estimate of drug-likeness (QED) is 0.686. The fourth-order valence-electron chi connectivity index (χ4n) is 2.39. The third-order valence-corrected chi connectivity index (χ3v) is 4.04. The molecule has 0 aliphatic carbocycles. The summed E-state index contributed by atoms with van der Waals surface area (Å²) in [6.45, 7) is 0.590. The van der Waals surface area contributed by atoms with E-state index in [9.17, 15) is 4.79 Å². The van der Waals surface area contributed by atoms with E-state index in [1.54, 1.807) is 6.20 Å². The normalized spacial score (nSPS) is 10.3. The molecule has 0 bridgehead atoms. The lowest BCUT2D eigenvalue weighted by Crippen LogP contribution is -2.14. The maximum Gasteiger partial charge on any atom is 0.228 e. The highest BCUT2D eigenvalue weighted by atomic mass is 35.5. The van der Waals surface area contributed by atoms with Gasteiger partial charge in [0.2, 0.25) is 5.91 Å². The lowest BCUT2D eigenvalue weighted by atomic mass is 10.1. The summed E-state index contributed by atoms with van der Waals surface area (Å²) in [4.78, 5) is 16.4. The van der Waals surface area contributed by atoms with Gasteiger partial charge in [0.05, 0.1) is 18.3 Å². The van der Waals surface area contributed by atoms with Crippen LogP contribution in [0.4, 0.5) is 11.5 Å². The Labute approximate surface area is 151 Å². The number of nitrogens with zero attached hydrogens (tertiary/aromatic N) is 1. The molecule has 25 heavy (non-hydrogen) atoms. The highest BCUT2D eigenvalue weighted by Gasteiger charge is 2.05. The molecule has 1 aromatic heterocycles. The van der Waals surface area contributed by atoms with Crippen LogP contribution in [0.15, 0.2) is 72.9 Å². The van der Waals surface area contributed by atoms with E-state index >= 15 is 0 Å². The molecule has 2 aromatic carbocycles. The van der Waals surface area contributed by atoms with Crippen molar-refractivity contribution in [1.82, 2.24) is 4.98 Å². The fourth-order valence-corrected chi connectivity index (χ4v) is 2.59. The Hall–Kier alpha value is -2.85. The minimum absolute atomic E-state index is 0.0650. The number of carbonyl (C=O) groups is 1. The van der Waals surface area contributed by atoms with Crippen molar-refractivity contribution < 1.29 is 4.79 Å². The Bertz CT molecular complexity index is 835. The van der Waals surface area contributed by atoms with Gasteiger partial charge in [-0.2, -0.15) is 0 Å². The molecule has 0 unspecified atom stereocenters. The van der Waals surface area contributed by atoms with E-state index < -0.39 is 0 Å². The molecule has 0 fully saturated rings. The Morgan fingerprint density at radius 1 is 0.960 bits per heavy atom. The Balaban J connectivity index is 1.53. The van der Waals surface area contributed by atoms with Crippen molar-refractivity contribution in [2.24, 2.45) is 0 Å². The third kappa shape index (κ3) is 5.06. The van der Waals surface area contributed by atoms with Crippen LogP contribution in [-0.2, 0) is 17.8 Å². The second kappa shape index (κ2) is 8.31. The molecule has 126 valence electrons. The molecule has 3 aromatic rings. The maximum atomic E-state index is 12.0. The standard InChI is InChI=1S/C20H18ClN3O/c21-18-9-5-4-8-16(18)13-22-19-11-10-17(14-23-19)24-20(25)12-15-6-2-1-3-7-15/h1-11,14H,12-13H2,(H,22,23)(H,24,25). The minimum atomic E-state index is -0.0650. The number of rotatable bonds is 6.